The van der Waals surface area contributed by atoms with Gasteiger partial charge in [0.2, 0.25) is 0 Å². The smallest absolute Gasteiger partial charge is 0.145 e. The Hall–Kier alpha value is -2.93. The molecule has 0 aliphatic rings. The van der Waals surface area contributed by atoms with E-state index in [0.717, 1.165) is 5.56 Å². The summed E-state index contributed by atoms with van der Waals surface area (Å²) in [5.41, 5.74) is 7.80. The second-order valence-corrected chi connectivity index (χ2v) is 4.62. The Labute approximate surface area is 139 Å². The van der Waals surface area contributed by atoms with Crippen molar-refractivity contribution in [1.29, 1.82) is 5.41 Å². The van der Waals surface area contributed by atoms with Gasteiger partial charge in [-0.2, -0.15) is 4.68 Å². The van der Waals surface area contributed by atoms with Crippen molar-refractivity contribution < 1.29 is 4.74 Å². The van der Waals surface area contributed by atoms with Gasteiger partial charge in [-0.05, 0) is 34.2 Å². The van der Waals surface area contributed by atoms with E-state index >= 15 is 0 Å². The van der Waals surface area contributed by atoms with E-state index < -0.39 is 0 Å². The Morgan fingerprint density at radius 2 is 1.96 bits per heavy atom. The van der Waals surface area contributed by atoms with Gasteiger partial charge in [0.05, 0.1) is 0 Å². The van der Waals surface area contributed by atoms with Crippen LogP contribution in [0.25, 0.3) is 5.69 Å². The number of hydrogen-bond donors (Lipinski definition) is 2. The van der Waals surface area contributed by atoms with E-state index in [1.54, 1.807) is 18.2 Å². The summed E-state index contributed by atoms with van der Waals surface area (Å²) < 4.78 is 7.33. The predicted molar refractivity (Wildman–Crippen MR) is 88.2 cm³/mol. The van der Waals surface area contributed by atoms with E-state index in [1.807, 2.05) is 30.3 Å². The van der Waals surface area contributed by atoms with Crippen molar-refractivity contribution in [2.24, 2.45) is 5.73 Å². The number of benzene rings is 2. The van der Waals surface area contributed by atoms with Crippen molar-refractivity contribution in [1.82, 2.24) is 20.2 Å². The van der Waals surface area contributed by atoms with Crippen LogP contribution < -0.4 is 10.5 Å². The van der Waals surface area contributed by atoms with Crippen LogP contribution >= 0.6 is 12.4 Å². The van der Waals surface area contributed by atoms with Gasteiger partial charge < -0.3 is 10.5 Å². The van der Waals surface area contributed by atoms with Crippen LogP contribution in [-0.2, 0) is 6.61 Å². The number of nitrogens with zero attached hydrogens (tertiary/aromatic N) is 4. The predicted octanol–water partition coefficient (Wildman–Crippen LogP) is 1.95. The van der Waals surface area contributed by atoms with Gasteiger partial charge in [0, 0.05) is 5.56 Å². The lowest BCUT2D eigenvalue weighted by Crippen LogP contribution is -2.12. The van der Waals surface area contributed by atoms with E-state index in [-0.39, 0.29) is 18.2 Å². The van der Waals surface area contributed by atoms with Crippen LogP contribution in [0.2, 0.25) is 0 Å². The second-order valence-electron chi connectivity index (χ2n) is 4.62. The van der Waals surface area contributed by atoms with Gasteiger partial charge >= 0.3 is 0 Å². The van der Waals surface area contributed by atoms with E-state index in [4.69, 9.17) is 15.9 Å². The molecule has 1 aromatic heterocycles. The summed E-state index contributed by atoms with van der Waals surface area (Å²) in [5.74, 6) is 0.588. The van der Waals surface area contributed by atoms with E-state index in [0.29, 0.717) is 23.6 Å². The monoisotopic (exact) mass is 330 g/mol. The molecule has 0 aliphatic heterocycles. The first-order valence-corrected chi connectivity index (χ1v) is 6.62. The maximum absolute atomic E-state index is 7.54. The minimum atomic E-state index is -0.0241. The standard InChI is InChI=1S/C15H14N6O.ClH/c16-15(17)12-6-7-14(13(8-12)21-10-18-19-20-21)22-9-11-4-2-1-3-5-11;/h1-8,10H,9H2,(H3,16,17);1H. The first-order chi connectivity index (χ1) is 10.7. The van der Waals surface area contributed by atoms with Crippen LogP contribution in [-0.4, -0.2) is 26.0 Å². The number of aromatic nitrogens is 4. The molecule has 2 aromatic carbocycles. The Morgan fingerprint density at radius 3 is 2.61 bits per heavy atom. The van der Waals surface area contributed by atoms with Gasteiger partial charge in [-0.25, -0.2) is 0 Å². The third-order valence-corrected chi connectivity index (χ3v) is 3.10. The van der Waals surface area contributed by atoms with Crippen LogP contribution in [0.1, 0.15) is 11.1 Å². The second kappa shape index (κ2) is 7.37. The zero-order valence-corrected chi connectivity index (χ0v) is 12.9. The van der Waals surface area contributed by atoms with E-state index in [9.17, 15) is 0 Å². The molecule has 23 heavy (non-hydrogen) atoms. The Morgan fingerprint density at radius 1 is 1.17 bits per heavy atom. The molecule has 7 nitrogen and oxygen atoms in total. The molecule has 0 aliphatic carbocycles. The van der Waals surface area contributed by atoms with Crippen LogP contribution in [0, 0.1) is 5.41 Å². The zero-order valence-electron chi connectivity index (χ0n) is 12.1. The molecule has 0 bridgehead atoms. The molecule has 0 fully saturated rings. The van der Waals surface area contributed by atoms with Crippen molar-refractivity contribution in [3.8, 4) is 11.4 Å². The SMILES string of the molecule is Cl.N=C(N)c1ccc(OCc2ccccc2)c(-n2cnnn2)c1. The molecule has 8 heteroatoms. The molecule has 3 rings (SSSR count). The minimum absolute atomic E-state index is 0. The first kappa shape index (κ1) is 16.4. The van der Waals surface area contributed by atoms with E-state index in [1.165, 1.54) is 11.0 Å². The van der Waals surface area contributed by atoms with Gasteiger partial charge in [0.25, 0.3) is 0 Å². The fourth-order valence-corrected chi connectivity index (χ4v) is 1.99. The number of nitrogens with one attached hydrogen (secondary N) is 1. The zero-order chi connectivity index (χ0) is 15.4. The Kier molecular flexibility index (Phi) is 5.27. The average Bonchev–Trinajstić information content (AvgIpc) is 3.08. The van der Waals surface area contributed by atoms with Crippen LogP contribution in [0.5, 0.6) is 5.75 Å². The van der Waals surface area contributed by atoms with Crippen molar-refractivity contribution in [3.63, 3.8) is 0 Å². The first-order valence-electron chi connectivity index (χ1n) is 6.62. The Bertz CT molecular complexity index is 776. The molecule has 3 aromatic rings. The molecular formula is C15H15ClN6O. The third-order valence-electron chi connectivity index (χ3n) is 3.10. The number of halogens is 1. The molecule has 118 valence electrons. The largest absolute Gasteiger partial charge is 0.487 e. The highest BCUT2D eigenvalue weighted by Gasteiger charge is 2.10. The lowest BCUT2D eigenvalue weighted by molar-refractivity contribution is 0.304. The van der Waals surface area contributed by atoms with Gasteiger partial charge in [-0.3, -0.25) is 5.41 Å². The molecule has 3 N–H and O–H groups in total. The normalized spacial score (nSPS) is 9.91. The average molecular weight is 331 g/mol. The van der Waals surface area contributed by atoms with Gasteiger partial charge in [0.15, 0.2) is 0 Å². The fourth-order valence-electron chi connectivity index (χ4n) is 1.99. The highest BCUT2D eigenvalue weighted by molar-refractivity contribution is 5.95. The number of hydrogen-bond acceptors (Lipinski definition) is 5. The maximum atomic E-state index is 7.54. The summed E-state index contributed by atoms with van der Waals surface area (Å²) in [4.78, 5) is 0. The van der Waals surface area contributed by atoms with Crippen LogP contribution in [0.15, 0.2) is 54.9 Å². The molecule has 0 saturated heterocycles. The van der Waals surface area contributed by atoms with Crippen LogP contribution in [0.3, 0.4) is 0 Å². The van der Waals surface area contributed by atoms with Crippen LogP contribution in [0.4, 0.5) is 0 Å². The highest BCUT2D eigenvalue weighted by Crippen LogP contribution is 2.24. The Balaban J connectivity index is 0.00000192. The number of nitrogens with two attached hydrogens (primary N) is 1. The molecule has 0 radical (unpaired) electrons. The fraction of sp³-hybridized carbons (Fsp3) is 0.0667. The lowest BCUT2D eigenvalue weighted by Gasteiger charge is -2.12. The molecule has 0 amide bonds. The summed E-state index contributed by atoms with van der Waals surface area (Å²) >= 11 is 0. The molecule has 0 saturated carbocycles. The molecule has 1 heterocycles. The van der Waals surface area contributed by atoms with Crippen molar-refractivity contribution >= 4 is 18.2 Å². The maximum Gasteiger partial charge on any atom is 0.145 e. The number of nitrogen functional groups attached to an aromatic ring is 1. The molecule has 0 spiro atoms. The van der Waals surface area contributed by atoms with Crippen molar-refractivity contribution in [3.05, 3.63) is 66.0 Å². The summed E-state index contributed by atoms with van der Waals surface area (Å²) in [7, 11) is 0. The van der Waals surface area contributed by atoms with Gasteiger partial charge in [0.1, 0.15) is 30.2 Å². The van der Waals surface area contributed by atoms with Crippen molar-refractivity contribution in [2.45, 2.75) is 6.61 Å². The summed E-state index contributed by atoms with van der Waals surface area (Å²) in [6.07, 6.45) is 1.47. The van der Waals surface area contributed by atoms with Gasteiger partial charge in [-0.1, -0.05) is 30.3 Å². The van der Waals surface area contributed by atoms with Crippen molar-refractivity contribution in [2.75, 3.05) is 0 Å². The molecular weight excluding hydrogens is 316 g/mol. The molecule has 0 atom stereocenters. The number of tetrazole rings is 1. The topological polar surface area (TPSA) is 103 Å². The van der Waals surface area contributed by atoms with Gasteiger partial charge in [-0.15, -0.1) is 17.5 Å². The summed E-state index contributed by atoms with van der Waals surface area (Å²) in [6, 6.07) is 15.1. The number of amidine groups is 1. The minimum Gasteiger partial charge on any atom is -0.487 e. The molecule has 0 unspecified atom stereocenters. The number of ether oxygens (including phenoxy) is 1. The summed E-state index contributed by atoms with van der Waals surface area (Å²) in [6.45, 7) is 0.426. The lowest BCUT2D eigenvalue weighted by atomic mass is 10.1. The third kappa shape index (κ3) is 3.83. The van der Waals surface area contributed by atoms with E-state index in [2.05, 4.69) is 15.5 Å². The summed E-state index contributed by atoms with van der Waals surface area (Å²) in [5, 5.41) is 18.7. The highest BCUT2D eigenvalue weighted by atomic mass is 35.5. The quantitative estimate of drug-likeness (QED) is 0.549. The number of rotatable bonds is 5.